The van der Waals surface area contributed by atoms with Crippen LogP contribution in [0.5, 0.6) is 0 Å². The Labute approximate surface area is 138 Å². The summed E-state index contributed by atoms with van der Waals surface area (Å²) in [6, 6.07) is 14.5. The van der Waals surface area contributed by atoms with Gasteiger partial charge in [0.05, 0.1) is 12.2 Å². The van der Waals surface area contributed by atoms with Crippen molar-refractivity contribution in [2.24, 2.45) is 0 Å². The molecule has 2 aromatic carbocycles. The molecule has 0 spiro atoms. The molecule has 3 aromatic rings. The van der Waals surface area contributed by atoms with E-state index in [2.05, 4.69) is 20.8 Å². The summed E-state index contributed by atoms with van der Waals surface area (Å²) in [6.45, 7) is 2.12. The van der Waals surface area contributed by atoms with Crippen molar-refractivity contribution in [2.45, 2.75) is 13.5 Å². The lowest BCUT2D eigenvalue weighted by Crippen LogP contribution is -2.25. The van der Waals surface area contributed by atoms with Gasteiger partial charge in [-0.25, -0.2) is 0 Å². The minimum atomic E-state index is -0.159. The monoisotopic (exact) mass is 327 g/mol. The van der Waals surface area contributed by atoms with Gasteiger partial charge in [0, 0.05) is 10.6 Å². The molecule has 0 fully saturated rings. The Morgan fingerprint density at radius 1 is 1.17 bits per heavy atom. The largest absolute Gasteiger partial charge is 0.345 e. The lowest BCUT2D eigenvalue weighted by molar-refractivity contribution is 0.0949. The van der Waals surface area contributed by atoms with Gasteiger partial charge in [-0.1, -0.05) is 29.8 Å². The van der Waals surface area contributed by atoms with Gasteiger partial charge in [-0.05, 0) is 53.2 Å². The van der Waals surface area contributed by atoms with Gasteiger partial charge < -0.3 is 5.32 Å². The minimum Gasteiger partial charge on any atom is -0.345 e. The second-order valence-corrected chi connectivity index (χ2v) is 5.42. The molecule has 1 N–H and O–H groups in total. The fourth-order valence-corrected chi connectivity index (χ4v) is 2.31. The molecular weight excluding hydrogens is 314 g/mol. The number of carbonyl (C=O) groups is 1. The number of tetrazole rings is 1. The molecule has 1 heterocycles. The van der Waals surface area contributed by atoms with E-state index in [4.69, 9.17) is 11.6 Å². The van der Waals surface area contributed by atoms with Crippen LogP contribution in [-0.2, 0) is 6.54 Å². The predicted octanol–water partition coefficient (Wildman–Crippen LogP) is 2.55. The third kappa shape index (κ3) is 3.37. The zero-order chi connectivity index (χ0) is 16.2. The number of amides is 1. The van der Waals surface area contributed by atoms with Gasteiger partial charge in [-0.15, -0.1) is 5.10 Å². The molecule has 1 aromatic heterocycles. The highest BCUT2D eigenvalue weighted by atomic mass is 35.5. The van der Waals surface area contributed by atoms with Crippen LogP contribution in [0, 0.1) is 6.92 Å². The number of aromatic nitrogens is 4. The summed E-state index contributed by atoms with van der Waals surface area (Å²) in [4.78, 5) is 12.2. The Balaban J connectivity index is 1.75. The van der Waals surface area contributed by atoms with Crippen LogP contribution in [0.1, 0.15) is 21.7 Å². The first-order valence-corrected chi connectivity index (χ1v) is 7.40. The quantitative estimate of drug-likeness (QED) is 0.799. The molecule has 0 saturated carbocycles. The Hall–Kier alpha value is -2.73. The molecule has 3 rings (SSSR count). The highest BCUT2D eigenvalue weighted by Crippen LogP contribution is 2.13. The van der Waals surface area contributed by atoms with Gasteiger partial charge in [0.25, 0.3) is 5.91 Å². The summed E-state index contributed by atoms with van der Waals surface area (Å²) in [5, 5.41) is 15.0. The first kappa shape index (κ1) is 15.2. The summed E-state index contributed by atoms with van der Waals surface area (Å²) in [5.41, 5.74) is 2.33. The van der Waals surface area contributed by atoms with E-state index >= 15 is 0 Å². The lowest BCUT2D eigenvalue weighted by atomic mass is 10.1. The number of nitrogens with one attached hydrogen (secondary N) is 1. The van der Waals surface area contributed by atoms with E-state index in [1.54, 1.807) is 22.9 Å². The number of hydrogen-bond donors (Lipinski definition) is 1. The molecular formula is C16H14ClN5O. The Morgan fingerprint density at radius 2 is 1.91 bits per heavy atom. The molecule has 0 bridgehead atoms. The van der Waals surface area contributed by atoms with Crippen molar-refractivity contribution in [3.05, 3.63) is 70.5 Å². The third-order valence-electron chi connectivity index (χ3n) is 3.40. The van der Waals surface area contributed by atoms with Crippen LogP contribution in [0.2, 0.25) is 5.02 Å². The van der Waals surface area contributed by atoms with Crippen molar-refractivity contribution in [1.29, 1.82) is 0 Å². The molecule has 0 atom stereocenters. The second kappa shape index (κ2) is 6.58. The number of carbonyl (C=O) groups excluding carboxylic acids is 1. The number of benzene rings is 2. The maximum Gasteiger partial charge on any atom is 0.251 e. The molecule has 0 aliphatic rings. The first-order chi connectivity index (χ1) is 11.1. The van der Waals surface area contributed by atoms with Crippen molar-refractivity contribution in [2.75, 3.05) is 0 Å². The number of rotatable bonds is 4. The van der Waals surface area contributed by atoms with Gasteiger partial charge in [-0.2, -0.15) is 4.68 Å². The van der Waals surface area contributed by atoms with Crippen LogP contribution in [0.25, 0.3) is 5.69 Å². The third-order valence-corrected chi connectivity index (χ3v) is 3.65. The number of halogens is 1. The molecule has 0 radical (unpaired) electrons. The van der Waals surface area contributed by atoms with Crippen LogP contribution >= 0.6 is 11.6 Å². The zero-order valence-corrected chi connectivity index (χ0v) is 13.2. The van der Waals surface area contributed by atoms with Gasteiger partial charge in [0.2, 0.25) is 0 Å². The van der Waals surface area contributed by atoms with Crippen molar-refractivity contribution >= 4 is 17.5 Å². The molecule has 1 amide bonds. The lowest BCUT2D eigenvalue weighted by Gasteiger charge is -2.08. The van der Waals surface area contributed by atoms with Gasteiger partial charge in [0.1, 0.15) is 0 Å². The van der Waals surface area contributed by atoms with Crippen molar-refractivity contribution in [3.63, 3.8) is 0 Å². The fourth-order valence-electron chi connectivity index (χ4n) is 2.18. The Bertz CT molecular complexity index is 828. The Morgan fingerprint density at radius 3 is 2.65 bits per heavy atom. The predicted molar refractivity (Wildman–Crippen MR) is 86.5 cm³/mol. The maximum absolute atomic E-state index is 12.2. The van der Waals surface area contributed by atoms with Gasteiger partial charge in [-0.3, -0.25) is 4.79 Å². The molecule has 0 aliphatic carbocycles. The molecule has 0 aliphatic heterocycles. The maximum atomic E-state index is 12.2. The zero-order valence-electron chi connectivity index (χ0n) is 12.4. The van der Waals surface area contributed by atoms with Crippen molar-refractivity contribution in [1.82, 2.24) is 25.5 Å². The van der Waals surface area contributed by atoms with E-state index in [-0.39, 0.29) is 12.5 Å². The van der Waals surface area contributed by atoms with E-state index in [1.807, 2.05) is 37.3 Å². The SMILES string of the molecule is Cc1ccccc1C(=O)NCc1nnnn1-c1ccc(Cl)cc1. The summed E-state index contributed by atoms with van der Waals surface area (Å²) >= 11 is 5.88. The van der Waals surface area contributed by atoms with E-state index in [0.29, 0.717) is 16.4 Å². The normalized spacial score (nSPS) is 10.5. The first-order valence-electron chi connectivity index (χ1n) is 7.02. The molecule has 7 heteroatoms. The molecule has 116 valence electrons. The molecule has 6 nitrogen and oxygen atoms in total. The van der Waals surface area contributed by atoms with Crippen molar-refractivity contribution in [3.8, 4) is 5.69 Å². The van der Waals surface area contributed by atoms with Crippen molar-refractivity contribution < 1.29 is 4.79 Å². The van der Waals surface area contributed by atoms with Crippen LogP contribution in [0.15, 0.2) is 48.5 Å². The fraction of sp³-hybridized carbons (Fsp3) is 0.125. The number of nitrogens with zero attached hydrogens (tertiary/aromatic N) is 4. The van der Waals surface area contributed by atoms with Crippen LogP contribution < -0.4 is 5.32 Å². The number of hydrogen-bond acceptors (Lipinski definition) is 4. The average molecular weight is 328 g/mol. The summed E-state index contributed by atoms with van der Waals surface area (Å²) in [7, 11) is 0. The molecule has 23 heavy (non-hydrogen) atoms. The summed E-state index contributed by atoms with van der Waals surface area (Å²) in [5.74, 6) is 0.378. The van der Waals surface area contributed by atoms with Gasteiger partial charge in [0.15, 0.2) is 5.82 Å². The standard InChI is InChI=1S/C16H14ClN5O/c1-11-4-2-3-5-14(11)16(23)18-10-15-19-20-21-22(15)13-8-6-12(17)7-9-13/h2-9H,10H2,1H3,(H,18,23). The second-order valence-electron chi connectivity index (χ2n) is 4.98. The smallest absolute Gasteiger partial charge is 0.251 e. The summed E-state index contributed by atoms with van der Waals surface area (Å²) in [6.07, 6.45) is 0. The minimum absolute atomic E-state index is 0.159. The summed E-state index contributed by atoms with van der Waals surface area (Å²) < 4.78 is 1.56. The molecule has 0 saturated heterocycles. The van der Waals surface area contributed by atoms with Crippen LogP contribution in [0.3, 0.4) is 0 Å². The van der Waals surface area contributed by atoms with E-state index < -0.39 is 0 Å². The van der Waals surface area contributed by atoms with E-state index in [1.165, 1.54) is 0 Å². The Kier molecular flexibility index (Phi) is 4.34. The van der Waals surface area contributed by atoms with Crippen LogP contribution in [-0.4, -0.2) is 26.1 Å². The number of aryl methyl sites for hydroxylation is 1. The average Bonchev–Trinajstić information content (AvgIpc) is 3.02. The highest BCUT2D eigenvalue weighted by Gasteiger charge is 2.12. The van der Waals surface area contributed by atoms with Crippen LogP contribution in [0.4, 0.5) is 0 Å². The highest BCUT2D eigenvalue weighted by molar-refractivity contribution is 6.30. The van der Waals surface area contributed by atoms with E-state index in [9.17, 15) is 4.79 Å². The van der Waals surface area contributed by atoms with Gasteiger partial charge >= 0.3 is 0 Å². The topological polar surface area (TPSA) is 72.7 Å². The molecule has 0 unspecified atom stereocenters. The van der Waals surface area contributed by atoms with E-state index in [0.717, 1.165) is 11.3 Å².